The number of carbonyl (C=O) groups excluding carboxylic acids is 2. The highest BCUT2D eigenvalue weighted by molar-refractivity contribution is 7.89. The third kappa shape index (κ3) is 3.96. The highest BCUT2D eigenvalue weighted by atomic mass is 32.2. The van der Waals surface area contributed by atoms with Crippen LogP contribution in [0.1, 0.15) is 30.5 Å². The van der Waals surface area contributed by atoms with Crippen molar-refractivity contribution in [2.24, 2.45) is 0 Å². The number of esters is 1. The Bertz CT molecular complexity index is 1010. The molecular weight excluding hydrogens is 400 g/mol. The Morgan fingerprint density at radius 2 is 1.71 bits per heavy atom. The summed E-state index contributed by atoms with van der Waals surface area (Å²) in [5, 5.41) is 0. The molecule has 28 heavy (non-hydrogen) atoms. The summed E-state index contributed by atoms with van der Waals surface area (Å²) >= 11 is 1.44. The molecule has 9 heteroatoms. The SMILES string of the molecule is COC(=O)c1ccc(S(=O)(=O)N2CCN(C(=O)c3ccc(C)s3)CC2)c(C)c1. The lowest BCUT2D eigenvalue weighted by atomic mass is 10.1. The molecule has 0 saturated carbocycles. The first-order valence-electron chi connectivity index (χ1n) is 8.79. The molecule has 2 heterocycles. The third-order valence-corrected chi connectivity index (χ3v) is 7.74. The first-order valence-corrected chi connectivity index (χ1v) is 11.0. The van der Waals surface area contributed by atoms with E-state index in [4.69, 9.17) is 0 Å². The molecule has 1 aliphatic rings. The highest BCUT2D eigenvalue weighted by Gasteiger charge is 2.31. The predicted molar refractivity (Wildman–Crippen MR) is 106 cm³/mol. The van der Waals surface area contributed by atoms with Gasteiger partial charge in [-0.1, -0.05) is 0 Å². The van der Waals surface area contributed by atoms with E-state index in [1.165, 1.54) is 41.0 Å². The minimum atomic E-state index is -3.71. The molecule has 0 unspecified atom stereocenters. The maximum Gasteiger partial charge on any atom is 0.337 e. The second kappa shape index (κ2) is 8.02. The largest absolute Gasteiger partial charge is 0.465 e. The van der Waals surface area contributed by atoms with E-state index in [1.807, 2.05) is 13.0 Å². The second-order valence-electron chi connectivity index (χ2n) is 6.58. The standard InChI is InChI=1S/C19H22N2O5S2/c1-13-12-15(19(23)26-3)5-7-17(13)28(24,25)21-10-8-20(9-11-21)18(22)16-6-4-14(2)27-16/h4-7,12H,8-11H2,1-3H3. The fraction of sp³-hybridized carbons (Fsp3) is 0.368. The molecule has 0 N–H and O–H groups in total. The molecule has 7 nitrogen and oxygen atoms in total. The number of sulfonamides is 1. The summed E-state index contributed by atoms with van der Waals surface area (Å²) in [4.78, 5) is 27.8. The van der Waals surface area contributed by atoms with Gasteiger partial charge in [-0.2, -0.15) is 4.31 Å². The van der Waals surface area contributed by atoms with E-state index in [9.17, 15) is 18.0 Å². The summed E-state index contributed by atoms with van der Waals surface area (Å²) in [6.07, 6.45) is 0. The molecule has 0 atom stereocenters. The van der Waals surface area contributed by atoms with Crippen molar-refractivity contribution in [3.63, 3.8) is 0 Å². The normalized spacial score (nSPS) is 15.5. The second-order valence-corrected chi connectivity index (χ2v) is 9.77. The Kier molecular flexibility index (Phi) is 5.87. The summed E-state index contributed by atoms with van der Waals surface area (Å²) in [7, 11) is -2.43. The van der Waals surface area contributed by atoms with Crippen LogP contribution in [0.3, 0.4) is 0 Å². The van der Waals surface area contributed by atoms with Gasteiger partial charge < -0.3 is 9.64 Å². The van der Waals surface area contributed by atoms with Crippen LogP contribution in [0, 0.1) is 13.8 Å². The van der Waals surface area contributed by atoms with Crippen LogP contribution in [0.2, 0.25) is 0 Å². The van der Waals surface area contributed by atoms with Crippen molar-refractivity contribution >= 4 is 33.2 Å². The number of aryl methyl sites for hydroxylation is 2. The molecule has 150 valence electrons. The van der Waals surface area contributed by atoms with Gasteiger partial charge in [0.25, 0.3) is 5.91 Å². The fourth-order valence-corrected chi connectivity index (χ4v) is 5.62. The zero-order chi connectivity index (χ0) is 20.5. The maximum atomic E-state index is 13.0. The van der Waals surface area contributed by atoms with E-state index in [0.29, 0.717) is 29.1 Å². The zero-order valence-corrected chi connectivity index (χ0v) is 17.6. The van der Waals surface area contributed by atoms with E-state index in [0.717, 1.165) is 4.88 Å². The third-order valence-electron chi connectivity index (χ3n) is 4.69. The van der Waals surface area contributed by atoms with Crippen LogP contribution in [0.25, 0.3) is 0 Å². The predicted octanol–water partition coefficient (Wildman–Crippen LogP) is 2.30. The number of rotatable bonds is 4. The molecule has 1 saturated heterocycles. The highest BCUT2D eigenvalue weighted by Crippen LogP contribution is 2.24. The number of piperazine rings is 1. The topological polar surface area (TPSA) is 84.0 Å². The molecule has 1 aliphatic heterocycles. The summed E-state index contributed by atoms with van der Waals surface area (Å²) in [5.41, 5.74) is 0.788. The molecule has 0 aliphatic carbocycles. The van der Waals surface area contributed by atoms with Crippen LogP contribution in [-0.2, 0) is 14.8 Å². The van der Waals surface area contributed by atoms with Gasteiger partial charge >= 0.3 is 5.97 Å². The first kappa shape index (κ1) is 20.5. The maximum absolute atomic E-state index is 13.0. The van der Waals surface area contributed by atoms with Crippen molar-refractivity contribution in [2.45, 2.75) is 18.7 Å². The van der Waals surface area contributed by atoms with Crippen LogP contribution in [0.15, 0.2) is 35.2 Å². The fourth-order valence-electron chi connectivity index (χ4n) is 3.16. The van der Waals surface area contributed by atoms with Crippen LogP contribution in [0.5, 0.6) is 0 Å². The van der Waals surface area contributed by atoms with Crippen molar-refractivity contribution in [3.8, 4) is 0 Å². The molecule has 1 aromatic heterocycles. The molecule has 0 spiro atoms. The summed E-state index contributed by atoms with van der Waals surface area (Å²) in [6.45, 7) is 4.74. The number of benzene rings is 1. The molecule has 1 amide bonds. The van der Waals surface area contributed by atoms with Gasteiger partial charge in [-0.15, -0.1) is 11.3 Å². The molecule has 0 radical (unpaired) electrons. The molecule has 3 rings (SSSR count). The summed E-state index contributed by atoms with van der Waals surface area (Å²) in [5.74, 6) is -0.572. The monoisotopic (exact) mass is 422 g/mol. The Morgan fingerprint density at radius 3 is 2.25 bits per heavy atom. The van der Waals surface area contributed by atoms with Crippen molar-refractivity contribution in [1.82, 2.24) is 9.21 Å². The Labute approximate surface area is 168 Å². The number of carbonyl (C=O) groups is 2. The Balaban J connectivity index is 1.73. The van der Waals surface area contributed by atoms with Gasteiger partial charge in [0, 0.05) is 31.1 Å². The van der Waals surface area contributed by atoms with E-state index in [2.05, 4.69) is 4.74 Å². The summed E-state index contributed by atoms with van der Waals surface area (Å²) in [6, 6.07) is 8.10. The van der Waals surface area contributed by atoms with Gasteiger partial charge in [0.05, 0.1) is 22.4 Å². The number of nitrogens with zero attached hydrogens (tertiary/aromatic N) is 2. The lowest BCUT2D eigenvalue weighted by molar-refractivity contribution is 0.0600. The lowest BCUT2D eigenvalue weighted by Crippen LogP contribution is -2.50. The van der Waals surface area contributed by atoms with Crippen molar-refractivity contribution in [1.29, 1.82) is 0 Å². The van der Waals surface area contributed by atoms with Crippen molar-refractivity contribution in [3.05, 3.63) is 51.2 Å². The number of methoxy groups -OCH3 is 1. The smallest absolute Gasteiger partial charge is 0.337 e. The summed E-state index contributed by atoms with van der Waals surface area (Å²) < 4.78 is 32.1. The molecule has 0 bridgehead atoms. The Morgan fingerprint density at radius 1 is 1.04 bits per heavy atom. The quantitative estimate of drug-likeness (QED) is 0.706. The van der Waals surface area contributed by atoms with Crippen molar-refractivity contribution in [2.75, 3.05) is 33.3 Å². The van der Waals surface area contributed by atoms with Crippen LogP contribution in [0.4, 0.5) is 0 Å². The average Bonchev–Trinajstić information content (AvgIpc) is 3.12. The zero-order valence-electron chi connectivity index (χ0n) is 16.0. The number of hydrogen-bond donors (Lipinski definition) is 0. The van der Waals surface area contributed by atoms with Gasteiger partial charge in [0.2, 0.25) is 10.0 Å². The Hall–Kier alpha value is -2.23. The van der Waals surface area contributed by atoms with Crippen LogP contribution < -0.4 is 0 Å². The van der Waals surface area contributed by atoms with E-state index >= 15 is 0 Å². The van der Waals surface area contributed by atoms with E-state index < -0.39 is 16.0 Å². The molecule has 2 aromatic rings. The van der Waals surface area contributed by atoms with Crippen LogP contribution in [-0.4, -0.2) is 62.8 Å². The van der Waals surface area contributed by atoms with Gasteiger partial charge in [-0.05, 0) is 49.7 Å². The van der Waals surface area contributed by atoms with E-state index in [-0.39, 0.29) is 23.9 Å². The van der Waals surface area contributed by atoms with Crippen LogP contribution >= 0.6 is 11.3 Å². The van der Waals surface area contributed by atoms with Gasteiger partial charge in [0.1, 0.15) is 0 Å². The van der Waals surface area contributed by atoms with Crippen molar-refractivity contribution < 1.29 is 22.7 Å². The molecule has 1 fully saturated rings. The minimum Gasteiger partial charge on any atom is -0.465 e. The van der Waals surface area contributed by atoms with Gasteiger partial charge in [-0.3, -0.25) is 4.79 Å². The number of ether oxygens (including phenoxy) is 1. The average molecular weight is 423 g/mol. The minimum absolute atomic E-state index is 0.0613. The number of hydrogen-bond acceptors (Lipinski definition) is 6. The first-order chi connectivity index (χ1) is 13.2. The van der Waals surface area contributed by atoms with Gasteiger partial charge in [0.15, 0.2) is 0 Å². The van der Waals surface area contributed by atoms with E-state index in [1.54, 1.807) is 17.9 Å². The molecular formula is C19H22N2O5S2. The molecule has 1 aromatic carbocycles. The van der Waals surface area contributed by atoms with Gasteiger partial charge in [-0.25, -0.2) is 13.2 Å². The number of thiophene rings is 1. The lowest BCUT2D eigenvalue weighted by Gasteiger charge is -2.34. The number of amides is 1.